The van der Waals surface area contributed by atoms with Crippen LogP contribution in [0.2, 0.25) is 0 Å². The standard InChI is InChI=1S/C18H26FN3O2/c1-14(2)24-18(20-9-12-22-10-4-3-5-11-22)21-17(23)15-7-6-8-16(19)13-15/h6-8,13-14H,3-5,9-12H2,1-2H3,(H,20,21,23)/p+1. The fourth-order valence-electron chi connectivity index (χ4n) is 2.75. The van der Waals surface area contributed by atoms with E-state index in [4.69, 9.17) is 4.74 Å². The summed E-state index contributed by atoms with van der Waals surface area (Å²) in [5, 5.41) is 2.64. The number of nitrogens with zero attached hydrogens (tertiary/aromatic N) is 1. The number of piperidine rings is 1. The molecule has 0 spiro atoms. The van der Waals surface area contributed by atoms with Crippen molar-refractivity contribution in [1.29, 1.82) is 0 Å². The Kier molecular flexibility index (Phi) is 7.18. The van der Waals surface area contributed by atoms with Gasteiger partial charge in [0, 0.05) is 5.56 Å². The fraction of sp³-hybridized carbons (Fsp3) is 0.556. The molecule has 0 aromatic heterocycles. The lowest BCUT2D eigenvalue weighted by Crippen LogP contribution is -3.13. The van der Waals surface area contributed by atoms with Gasteiger partial charge in [0.25, 0.3) is 11.9 Å². The van der Waals surface area contributed by atoms with Crippen LogP contribution < -0.4 is 10.2 Å². The highest BCUT2D eigenvalue weighted by atomic mass is 19.1. The highest BCUT2D eigenvalue weighted by Crippen LogP contribution is 2.03. The van der Waals surface area contributed by atoms with Crippen molar-refractivity contribution in [3.63, 3.8) is 0 Å². The van der Waals surface area contributed by atoms with E-state index in [-0.39, 0.29) is 17.7 Å². The van der Waals surface area contributed by atoms with Gasteiger partial charge in [0.05, 0.1) is 32.3 Å². The molecule has 1 fully saturated rings. The Morgan fingerprint density at radius 3 is 2.75 bits per heavy atom. The molecule has 132 valence electrons. The molecule has 0 radical (unpaired) electrons. The first-order valence-corrected chi connectivity index (χ1v) is 8.66. The minimum Gasteiger partial charge on any atom is -0.462 e. The van der Waals surface area contributed by atoms with Crippen molar-refractivity contribution in [2.45, 2.75) is 39.2 Å². The number of amidine groups is 1. The predicted molar refractivity (Wildman–Crippen MR) is 91.8 cm³/mol. The minimum atomic E-state index is -0.445. The van der Waals surface area contributed by atoms with E-state index in [1.165, 1.54) is 50.6 Å². The number of hydrogen-bond acceptors (Lipinski definition) is 3. The van der Waals surface area contributed by atoms with Gasteiger partial charge in [-0.25, -0.2) is 9.38 Å². The number of ether oxygens (including phenoxy) is 1. The Morgan fingerprint density at radius 2 is 2.08 bits per heavy atom. The van der Waals surface area contributed by atoms with Crippen LogP contribution in [0.25, 0.3) is 0 Å². The molecule has 2 rings (SSSR count). The molecule has 1 amide bonds. The zero-order chi connectivity index (χ0) is 17.4. The molecule has 5 nitrogen and oxygen atoms in total. The molecule has 6 heteroatoms. The van der Waals surface area contributed by atoms with E-state index in [1.807, 2.05) is 13.8 Å². The van der Waals surface area contributed by atoms with Crippen LogP contribution in [0, 0.1) is 5.82 Å². The van der Waals surface area contributed by atoms with E-state index in [2.05, 4.69) is 10.3 Å². The first-order valence-electron chi connectivity index (χ1n) is 8.66. The van der Waals surface area contributed by atoms with E-state index >= 15 is 0 Å². The average molecular weight is 336 g/mol. The van der Waals surface area contributed by atoms with Gasteiger partial charge in [0.15, 0.2) is 0 Å². The maximum atomic E-state index is 13.2. The number of hydrogen-bond donors (Lipinski definition) is 2. The number of rotatable bonds is 5. The SMILES string of the molecule is CC(C)OC(=NCC[NH+]1CCCCC1)NC(=O)c1cccc(F)c1. The normalized spacial score (nSPS) is 16.2. The summed E-state index contributed by atoms with van der Waals surface area (Å²) in [7, 11) is 0. The van der Waals surface area contributed by atoms with Gasteiger partial charge < -0.3 is 9.64 Å². The zero-order valence-electron chi connectivity index (χ0n) is 14.5. The Labute approximate surface area is 142 Å². The summed E-state index contributed by atoms with van der Waals surface area (Å²) in [5.41, 5.74) is 0.247. The summed E-state index contributed by atoms with van der Waals surface area (Å²) >= 11 is 0. The Bertz CT molecular complexity index is 569. The third-order valence-electron chi connectivity index (χ3n) is 3.94. The number of carbonyl (C=O) groups excluding carboxylic acids is 1. The van der Waals surface area contributed by atoms with Gasteiger partial charge in [-0.3, -0.25) is 10.1 Å². The lowest BCUT2D eigenvalue weighted by molar-refractivity contribution is -0.903. The largest absolute Gasteiger partial charge is 0.462 e. The zero-order valence-corrected chi connectivity index (χ0v) is 14.5. The summed E-state index contributed by atoms with van der Waals surface area (Å²) in [6, 6.07) is 5.77. The van der Waals surface area contributed by atoms with Gasteiger partial charge in [-0.15, -0.1) is 0 Å². The molecule has 1 heterocycles. The molecule has 0 saturated carbocycles. The van der Waals surface area contributed by atoms with Crippen LogP contribution in [-0.2, 0) is 4.74 Å². The summed E-state index contributed by atoms with van der Waals surface area (Å²) in [6.07, 6.45) is 3.76. The molecule has 1 aromatic rings. The van der Waals surface area contributed by atoms with Crippen LogP contribution in [0.3, 0.4) is 0 Å². The molecule has 24 heavy (non-hydrogen) atoms. The number of carbonyl (C=O) groups is 1. The predicted octanol–water partition coefficient (Wildman–Crippen LogP) is 1.41. The molecule has 0 aliphatic carbocycles. The number of aliphatic imine (C=N–C) groups is 1. The van der Waals surface area contributed by atoms with Gasteiger partial charge in [0.1, 0.15) is 5.82 Å². The molecule has 1 aliphatic heterocycles. The topological polar surface area (TPSA) is 55.1 Å². The molecule has 0 atom stereocenters. The van der Waals surface area contributed by atoms with Crippen molar-refractivity contribution >= 4 is 11.9 Å². The quantitative estimate of drug-likeness (QED) is 0.631. The number of nitrogens with one attached hydrogen (secondary N) is 2. The Balaban J connectivity index is 1.93. The van der Waals surface area contributed by atoms with E-state index in [0.717, 1.165) is 6.54 Å². The van der Waals surface area contributed by atoms with E-state index in [9.17, 15) is 9.18 Å². The minimum absolute atomic E-state index is 0.0982. The molecule has 1 saturated heterocycles. The maximum Gasteiger partial charge on any atom is 0.292 e. The van der Waals surface area contributed by atoms with Crippen LogP contribution in [0.4, 0.5) is 4.39 Å². The van der Waals surface area contributed by atoms with Gasteiger partial charge in [-0.05, 0) is 51.3 Å². The smallest absolute Gasteiger partial charge is 0.292 e. The number of likely N-dealkylation sites (tertiary alicyclic amines) is 1. The Hall–Kier alpha value is -1.95. The summed E-state index contributed by atoms with van der Waals surface area (Å²) in [6.45, 7) is 7.65. The maximum absolute atomic E-state index is 13.2. The van der Waals surface area contributed by atoms with E-state index < -0.39 is 11.7 Å². The first-order chi connectivity index (χ1) is 11.5. The third-order valence-corrected chi connectivity index (χ3v) is 3.94. The molecule has 0 unspecified atom stereocenters. The summed E-state index contributed by atoms with van der Waals surface area (Å²) in [5.74, 6) is -0.862. The van der Waals surface area contributed by atoms with Crippen molar-refractivity contribution in [1.82, 2.24) is 5.32 Å². The van der Waals surface area contributed by atoms with E-state index in [0.29, 0.717) is 6.54 Å². The first kappa shape index (κ1) is 18.4. The second-order valence-corrected chi connectivity index (χ2v) is 6.38. The average Bonchev–Trinajstić information content (AvgIpc) is 2.55. The van der Waals surface area contributed by atoms with Crippen LogP contribution in [-0.4, -0.2) is 44.2 Å². The van der Waals surface area contributed by atoms with Gasteiger partial charge in [-0.1, -0.05) is 6.07 Å². The van der Waals surface area contributed by atoms with Crippen LogP contribution in [0.1, 0.15) is 43.5 Å². The highest BCUT2D eigenvalue weighted by Gasteiger charge is 2.14. The van der Waals surface area contributed by atoms with Crippen molar-refractivity contribution in [2.24, 2.45) is 4.99 Å². The third kappa shape index (κ3) is 6.28. The molecular formula is C18H27FN3O2+. The van der Waals surface area contributed by atoms with Crippen LogP contribution >= 0.6 is 0 Å². The van der Waals surface area contributed by atoms with Crippen molar-refractivity contribution in [2.75, 3.05) is 26.2 Å². The van der Waals surface area contributed by atoms with Crippen LogP contribution in [0.5, 0.6) is 0 Å². The lowest BCUT2D eigenvalue weighted by atomic mass is 10.1. The number of halogens is 1. The number of amides is 1. The van der Waals surface area contributed by atoms with Crippen molar-refractivity contribution in [3.8, 4) is 0 Å². The van der Waals surface area contributed by atoms with E-state index in [1.54, 1.807) is 11.0 Å². The van der Waals surface area contributed by atoms with Gasteiger partial charge in [0.2, 0.25) is 0 Å². The Morgan fingerprint density at radius 1 is 1.33 bits per heavy atom. The number of benzene rings is 1. The monoisotopic (exact) mass is 336 g/mol. The second-order valence-electron chi connectivity index (χ2n) is 6.38. The molecule has 1 aromatic carbocycles. The van der Waals surface area contributed by atoms with Gasteiger partial charge >= 0.3 is 0 Å². The summed E-state index contributed by atoms with van der Waals surface area (Å²) < 4.78 is 18.8. The highest BCUT2D eigenvalue weighted by molar-refractivity contribution is 6.04. The number of quaternary nitrogens is 1. The fourth-order valence-corrected chi connectivity index (χ4v) is 2.75. The van der Waals surface area contributed by atoms with Crippen molar-refractivity contribution in [3.05, 3.63) is 35.6 Å². The molecule has 2 N–H and O–H groups in total. The molecular weight excluding hydrogens is 309 g/mol. The van der Waals surface area contributed by atoms with Crippen LogP contribution in [0.15, 0.2) is 29.3 Å². The summed E-state index contributed by atoms with van der Waals surface area (Å²) in [4.78, 5) is 18.2. The molecule has 0 bridgehead atoms. The van der Waals surface area contributed by atoms with Gasteiger partial charge in [-0.2, -0.15) is 0 Å². The second kappa shape index (κ2) is 9.37. The van der Waals surface area contributed by atoms with Crippen molar-refractivity contribution < 1.29 is 18.8 Å². The lowest BCUT2D eigenvalue weighted by Gasteiger charge is -2.22. The molecule has 1 aliphatic rings.